The van der Waals surface area contributed by atoms with Gasteiger partial charge in [0.2, 0.25) is 0 Å². The molecule has 0 saturated heterocycles. The van der Waals surface area contributed by atoms with Gasteiger partial charge >= 0.3 is 5.97 Å². The second kappa shape index (κ2) is 10.2. The first-order valence-electron chi connectivity index (χ1n) is 11.0. The van der Waals surface area contributed by atoms with Crippen LogP contribution in [-0.4, -0.2) is 30.6 Å². The summed E-state index contributed by atoms with van der Waals surface area (Å²) in [6, 6.07) is 11.4. The Morgan fingerprint density at radius 3 is 1.66 bits per heavy atom. The highest BCUT2D eigenvalue weighted by Crippen LogP contribution is 2.41. The highest BCUT2D eigenvalue weighted by atomic mass is 16.6. The molecule has 5 nitrogen and oxygen atoms in total. The molecule has 174 valence electrons. The molecule has 0 aliphatic rings. The van der Waals surface area contributed by atoms with Crippen LogP contribution >= 0.6 is 0 Å². The predicted molar refractivity (Wildman–Crippen MR) is 127 cm³/mol. The third kappa shape index (κ3) is 7.70. The van der Waals surface area contributed by atoms with Gasteiger partial charge in [-0.2, -0.15) is 0 Å². The van der Waals surface area contributed by atoms with E-state index in [9.17, 15) is 9.59 Å². The van der Waals surface area contributed by atoms with Crippen LogP contribution in [0.3, 0.4) is 0 Å². The molecule has 0 heterocycles. The maximum atomic E-state index is 12.4. The molecule has 0 aliphatic carbocycles. The van der Waals surface area contributed by atoms with Crippen molar-refractivity contribution >= 4 is 11.8 Å². The second-order valence-corrected chi connectivity index (χ2v) is 10.3. The molecule has 0 fully saturated rings. The van der Waals surface area contributed by atoms with Crippen LogP contribution in [0.4, 0.5) is 0 Å². The van der Waals surface area contributed by atoms with Crippen molar-refractivity contribution in [2.75, 3.05) is 13.2 Å². The number of hydrogen-bond acceptors (Lipinski definition) is 5. The summed E-state index contributed by atoms with van der Waals surface area (Å²) in [4.78, 5) is 24.6. The minimum absolute atomic E-state index is 0.00764. The van der Waals surface area contributed by atoms with E-state index in [0.29, 0.717) is 17.9 Å². The topological polar surface area (TPSA) is 61.8 Å². The minimum atomic E-state index is -0.577. The molecule has 2 aromatic rings. The highest BCUT2D eigenvalue weighted by Gasteiger charge is 2.21. The van der Waals surface area contributed by atoms with E-state index in [4.69, 9.17) is 14.2 Å². The summed E-state index contributed by atoms with van der Waals surface area (Å²) in [7, 11) is 0. The average Bonchev–Trinajstić information content (AvgIpc) is 2.63. The molecule has 0 atom stereocenters. The standard InChI is InChI=1S/C27H36O5/c1-18-11-9-13-21(30-16-20(28)15-26(3,4)5)24(18)25-19(2)12-10-14-22(25)31-17-23(29)32-27(6,7)8/h9-14H,15-17H2,1-8H3. The van der Waals surface area contributed by atoms with Gasteiger partial charge in [0.25, 0.3) is 0 Å². The third-order valence-corrected chi connectivity index (χ3v) is 4.60. The van der Waals surface area contributed by atoms with Crippen LogP contribution in [0.15, 0.2) is 36.4 Å². The smallest absolute Gasteiger partial charge is 0.344 e. The Morgan fingerprint density at radius 1 is 0.750 bits per heavy atom. The maximum Gasteiger partial charge on any atom is 0.344 e. The maximum absolute atomic E-state index is 12.4. The van der Waals surface area contributed by atoms with Gasteiger partial charge in [-0.25, -0.2) is 4.79 Å². The normalized spacial score (nSPS) is 11.8. The van der Waals surface area contributed by atoms with E-state index >= 15 is 0 Å². The van der Waals surface area contributed by atoms with E-state index in [2.05, 4.69) is 0 Å². The molecule has 0 radical (unpaired) electrons. The molecule has 0 aliphatic heterocycles. The lowest BCUT2D eigenvalue weighted by Crippen LogP contribution is -2.27. The third-order valence-electron chi connectivity index (χ3n) is 4.60. The summed E-state index contributed by atoms with van der Waals surface area (Å²) >= 11 is 0. The number of ether oxygens (including phenoxy) is 3. The first kappa shape index (κ1) is 25.4. The molecule has 2 rings (SSSR count). The summed E-state index contributed by atoms with van der Waals surface area (Å²) in [5, 5.41) is 0. The fraction of sp³-hybridized carbons (Fsp3) is 0.481. The van der Waals surface area contributed by atoms with Gasteiger partial charge in [-0.3, -0.25) is 4.79 Å². The van der Waals surface area contributed by atoms with Gasteiger partial charge in [0.15, 0.2) is 12.4 Å². The Hall–Kier alpha value is -2.82. The molecule has 0 saturated carbocycles. The van der Waals surface area contributed by atoms with Crippen LogP contribution in [0.1, 0.15) is 59.1 Å². The fourth-order valence-corrected chi connectivity index (χ4v) is 3.47. The zero-order valence-corrected chi connectivity index (χ0v) is 20.6. The Labute approximate surface area is 192 Å². The fourth-order valence-electron chi connectivity index (χ4n) is 3.47. The number of benzene rings is 2. The SMILES string of the molecule is Cc1cccc(OCC(=O)CC(C)(C)C)c1-c1c(C)cccc1OCC(=O)OC(C)(C)C. The van der Waals surface area contributed by atoms with Crippen molar-refractivity contribution in [3.8, 4) is 22.6 Å². The molecule has 0 N–H and O–H groups in total. The number of carbonyl (C=O) groups is 2. The number of rotatable bonds is 8. The van der Waals surface area contributed by atoms with E-state index in [-0.39, 0.29) is 24.4 Å². The van der Waals surface area contributed by atoms with E-state index < -0.39 is 11.6 Å². The monoisotopic (exact) mass is 440 g/mol. The van der Waals surface area contributed by atoms with Crippen molar-refractivity contribution in [1.29, 1.82) is 0 Å². The van der Waals surface area contributed by atoms with Gasteiger partial charge in [-0.15, -0.1) is 0 Å². The van der Waals surface area contributed by atoms with Gasteiger partial charge in [-0.05, 0) is 63.3 Å². The molecular formula is C27H36O5. The number of ketones is 1. The van der Waals surface area contributed by atoms with Crippen LogP contribution in [-0.2, 0) is 14.3 Å². The second-order valence-electron chi connectivity index (χ2n) is 10.3. The van der Waals surface area contributed by atoms with E-state index in [1.165, 1.54) is 0 Å². The molecule has 0 amide bonds. The quantitative estimate of drug-likeness (QED) is 0.466. The molecule has 32 heavy (non-hydrogen) atoms. The molecule has 0 aromatic heterocycles. The van der Waals surface area contributed by atoms with Crippen molar-refractivity contribution in [2.24, 2.45) is 5.41 Å². The van der Waals surface area contributed by atoms with Crippen LogP contribution in [0.2, 0.25) is 0 Å². The largest absolute Gasteiger partial charge is 0.485 e. The van der Waals surface area contributed by atoms with Gasteiger partial charge in [0.05, 0.1) is 0 Å². The van der Waals surface area contributed by atoms with Crippen LogP contribution in [0, 0.1) is 19.3 Å². The molecule has 5 heteroatoms. The Morgan fingerprint density at radius 2 is 1.22 bits per heavy atom. The van der Waals surface area contributed by atoms with E-state index in [0.717, 1.165) is 22.3 Å². The first-order chi connectivity index (χ1) is 14.8. The molecule has 0 spiro atoms. The van der Waals surface area contributed by atoms with Crippen LogP contribution in [0.5, 0.6) is 11.5 Å². The number of carbonyl (C=O) groups excluding carboxylic acids is 2. The summed E-state index contributed by atoms with van der Waals surface area (Å²) in [5.74, 6) is 0.801. The van der Waals surface area contributed by atoms with Gasteiger partial charge in [0.1, 0.15) is 23.7 Å². The summed E-state index contributed by atoms with van der Waals surface area (Å²) in [6.45, 7) is 15.3. The van der Waals surface area contributed by atoms with Gasteiger partial charge in [0, 0.05) is 17.5 Å². The minimum Gasteiger partial charge on any atom is -0.485 e. The lowest BCUT2D eigenvalue weighted by Gasteiger charge is -2.21. The van der Waals surface area contributed by atoms with E-state index in [1.807, 2.05) is 91.8 Å². The molecule has 0 bridgehead atoms. The zero-order chi connectivity index (χ0) is 24.1. The number of aryl methyl sites for hydroxylation is 2. The number of esters is 1. The van der Waals surface area contributed by atoms with Crippen LogP contribution in [0.25, 0.3) is 11.1 Å². The van der Waals surface area contributed by atoms with Crippen molar-refractivity contribution in [2.45, 2.75) is 67.4 Å². The zero-order valence-electron chi connectivity index (χ0n) is 20.6. The number of Topliss-reactive ketones (excluding diaryl/α,β-unsaturated/α-hetero) is 1. The summed E-state index contributed by atoms with van der Waals surface area (Å²) < 4.78 is 17.2. The molecule has 0 unspecified atom stereocenters. The molecule has 2 aromatic carbocycles. The Bertz CT molecular complexity index is 881. The van der Waals surface area contributed by atoms with Gasteiger partial charge in [-0.1, -0.05) is 45.0 Å². The molecular weight excluding hydrogens is 404 g/mol. The van der Waals surface area contributed by atoms with Crippen molar-refractivity contribution in [1.82, 2.24) is 0 Å². The van der Waals surface area contributed by atoms with Gasteiger partial charge < -0.3 is 14.2 Å². The first-order valence-corrected chi connectivity index (χ1v) is 11.0. The lowest BCUT2D eigenvalue weighted by atomic mass is 9.90. The summed E-state index contributed by atoms with van der Waals surface area (Å²) in [5.41, 5.74) is 3.00. The summed E-state index contributed by atoms with van der Waals surface area (Å²) in [6.07, 6.45) is 0.447. The average molecular weight is 441 g/mol. The van der Waals surface area contributed by atoms with Crippen molar-refractivity contribution < 1.29 is 23.8 Å². The Balaban J connectivity index is 2.33. The lowest BCUT2D eigenvalue weighted by molar-refractivity contribution is -0.157. The number of hydrogen-bond donors (Lipinski definition) is 0. The van der Waals surface area contributed by atoms with Crippen molar-refractivity contribution in [3.63, 3.8) is 0 Å². The Kier molecular flexibility index (Phi) is 8.11. The van der Waals surface area contributed by atoms with Crippen molar-refractivity contribution in [3.05, 3.63) is 47.5 Å². The van der Waals surface area contributed by atoms with E-state index in [1.54, 1.807) is 0 Å². The highest BCUT2D eigenvalue weighted by molar-refractivity contribution is 5.83. The predicted octanol–water partition coefficient (Wildman–Crippen LogP) is 6.08. The van der Waals surface area contributed by atoms with Crippen LogP contribution < -0.4 is 9.47 Å².